The maximum Gasteiger partial charge on any atom is 0.168 e. The molecule has 0 aromatic carbocycles. The van der Waals surface area contributed by atoms with Crippen LogP contribution in [0.3, 0.4) is 0 Å². The first-order valence-electron chi connectivity index (χ1n) is 6.09. The van der Waals surface area contributed by atoms with Gasteiger partial charge in [0, 0.05) is 19.7 Å². The van der Waals surface area contributed by atoms with Crippen molar-refractivity contribution in [3.63, 3.8) is 0 Å². The van der Waals surface area contributed by atoms with E-state index in [-0.39, 0.29) is 30.4 Å². The van der Waals surface area contributed by atoms with Crippen LogP contribution in [0.25, 0.3) is 0 Å². The van der Waals surface area contributed by atoms with E-state index in [4.69, 9.17) is 9.84 Å². The lowest BCUT2D eigenvalue weighted by molar-refractivity contribution is -0.0107. The van der Waals surface area contributed by atoms with Crippen LogP contribution in [-0.2, 0) is 4.74 Å². The Balaban J connectivity index is 2.33. The molecule has 1 aromatic rings. The van der Waals surface area contributed by atoms with Gasteiger partial charge in [-0.2, -0.15) is 0 Å². The molecular weight excluding hydrogens is 256 g/mol. The normalized spacial score (nSPS) is 23.5. The van der Waals surface area contributed by atoms with E-state index in [0.29, 0.717) is 13.2 Å². The van der Waals surface area contributed by atoms with Crippen LogP contribution in [0.2, 0.25) is 0 Å². The Morgan fingerprint density at radius 1 is 1.53 bits per heavy atom. The number of halogens is 2. The molecule has 0 aliphatic carbocycles. The van der Waals surface area contributed by atoms with Gasteiger partial charge in [0.2, 0.25) is 0 Å². The second kappa shape index (κ2) is 5.66. The summed E-state index contributed by atoms with van der Waals surface area (Å²) < 4.78 is 32.6. The van der Waals surface area contributed by atoms with E-state index in [1.807, 2.05) is 6.92 Å². The van der Waals surface area contributed by atoms with Gasteiger partial charge >= 0.3 is 0 Å². The number of rotatable bonds is 3. The molecule has 0 spiro atoms. The minimum atomic E-state index is -0.733. The third-order valence-electron chi connectivity index (χ3n) is 3.13. The zero-order valence-electron chi connectivity index (χ0n) is 10.9. The van der Waals surface area contributed by atoms with Crippen molar-refractivity contribution >= 4 is 11.6 Å². The molecule has 1 aromatic heterocycles. The Bertz CT molecular complexity index is 459. The van der Waals surface area contributed by atoms with Crippen LogP contribution in [0.5, 0.6) is 0 Å². The third kappa shape index (κ3) is 2.76. The fourth-order valence-corrected chi connectivity index (χ4v) is 2.06. The molecule has 2 atom stereocenters. The van der Waals surface area contributed by atoms with Crippen LogP contribution in [-0.4, -0.2) is 49.0 Å². The van der Waals surface area contributed by atoms with Gasteiger partial charge in [0.1, 0.15) is 0 Å². The van der Waals surface area contributed by atoms with Gasteiger partial charge in [-0.25, -0.2) is 13.8 Å². The molecule has 2 unspecified atom stereocenters. The average Bonchev–Trinajstić information content (AvgIpc) is 2.40. The van der Waals surface area contributed by atoms with Crippen LogP contribution in [0.15, 0.2) is 6.07 Å². The quantitative estimate of drug-likeness (QED) is 0.860. The predicted octanol–water partition coefficient (Wildman–Crippen LogP) is 0.987. The third-order valence-corrected chi connectivity index (χ3v) is 3.13. The van der Waals surface area contributed by atoms with Crippen LogP contribution in [0.1, 0.15) is 6.92 Å². The van der Waals surface area contributed by atoms with Crippen molar-refractivity contribution in [2.24, 2.45) is 0 Å². The van der Waals surface area contributed by atoms with Gasteiger partial charge in [0.25, 0.3) is 0 Å². The van der Waals surface area contributed by atoms with Crippen molar-refractivity contribution < 1.29 is 18.6 Å². The molecule has 5 nitrogen and oxygen atoms in total. The van der Waals surface area contributed by atoms with Gasteiger partial charge in [0.15, 0.2) is 23.3 Å². The summed E-state index contributed by atoms with van der Waals surface area (Å²) in [7, 11) is 1.52. The van der Waals surface area contributed by atoms with E-state index < -0.39 is 11.6 Å². The number of morpholine rings is 1. The first-order chi connectivity index (χ1) is 9.06. The number of nitrogens with zero attached hydrogens (tertiary/aromatic N) is 2. The maximum atomic E-state index is 13.9. The highest BCUT2D eigenvalue weighted by molar-refractivity contribution is 5.50. The number of anilines is 2. The summed E-state index contributed by atoms with van der Waals surface area (Å²) in [6.07, 6.45) is -0.388. The topological polar surface area (TPSA) is 57.6 Å². The minimum absolute atomic E-state index is 0.00404. The fourth-order valence-electron chi connectivity index (χ4n) is 2.06. The van der Waals surface area contributed by atoms with E-state index in [2.05, 4.69) is 10.3 Å². The summed E-state index contributed by atoms with van der Waals surface area (Å²) in [4.78, 5) is 5.64. The zero-order valence-corrected chi connectivity index (χ0v) is 10.9. The molecule has 1 fully saturated rings. The Hall–Kier alpha value is -1.47. The Kier molecular flexibility index (Phi) is 4.16. The highest BCUT2D eigenvalue weighted by atomic mass is 19.1. The number of ether oxygens (including phenoxy) is 1. The number of aliphatic hydroxyl groups is 1. The SMILES string of the molecule is CNc1nc(N2CC(CO)OCC2C)c(F)cc1F. The Labute approximate surface area is 110 Å². The molecule has 19 heavy (non-hydrogen) atoms. The second-order valence-corrected chi connectivity index (χ2v) is 4.51. The molecule has 2 rings (SSSR count). The molecule has 7 heteroatoms. The van der Waals surface area contributed by atoms with Crippen molar-refractivity contribution in [1.82, 2.24) is 4.98 Å². The van der Waals surface area contributed by atoms with Gasteiger partial charge < -0.3 is 20.1 Å². The molecular formula is C12H17F2N3O2. The summed E-state index contributed by atoms with van der Waals surface area (Å²) in [5, 5.41) is 11.7. The Morgan fingerprint density at radius 2 is 2.26 bits per heavy atom. The minimum Gasteiger partial charge on any atom is -0.394 e. The molecule has 106 valence electrons. The monoisotopic (exact) mass is 273 g/mol. The van der Waals surface area contributed by atoms with E-state index in [0.717, 1.165) is 6.07 Å². The van der Waals surface area contributed by atoms with E-state index >= 15 is 0 Å². The van der Waals surface area contributed by atoms with Crippen molar-refractivity contribution in [2.45, 2.75) is 19.1 Å². The summed E-state index contributed by atoms with van der Waals surface area (Å²) in [6.45, 7) is 2.39. The molecule has 0 amide bonds. The molecule has 0 bridgehead atoms. The fraction of sp³-hybridized carbons (Fsp3) is 0.583. The highest BCUT2D eigenvalue weighted by Crippen LogP contribution is 2.26. The van der Waals surface area contributed by atoms with Gasteiger partial charge in [-0.05, 0) is 6.92 Å². The standard InChI is InChI=1S/C12H17F2N3O2/c1-7-6-19-8(5-18)4-17(7)12-10(14)3-9(13)11(15-2)16-12/h3,7-8,18H,4-6H2,1-2H3,(H,15,16). The van der Waals surface area contributed by atoms with Crippen LogP contribution in [0.4, 0.5) is 20.4 Å². The number of nitrogens with one attached hydrogen (secondary N) is 1. The van der Waals surface area contributed by atoms with Gasteiger partial charge in [-0.3, -0.25) is 0 Å². The first-order valence-corrected chi connectivity index (χ1v) is 6.09. The summed E-state index contributed by atoms with van der Waals surface area (Å²) in [6, 6.07) is 0.713. The molecule has 0 saturated carbocycles. The Morgan fingerprint density at radius 3 is 2.89 bits per heavy atom. The predicted molar refractivity (Wildman–Crippen MR) is 67.3 cm³/mol. The lowest BCUT2D eigenvalue weighted by Crippen LogP contribution is -2.50. The first kappa shape index (κ1) is 14.0. The average molecular weight is 273 g/mol. The molecule has 1 aliphatic rings. The van der Waals surface area contributed by atoms with Gasteiger partial charge in [-0.1, -0.05) is 0 Å². The molecule has 0 radical (unpaired) electrons. The summed E-state index contributed by atoms with van der Waals surface area (Å²) >= 11 is 0. The summed E-state index contributed by atoms with van der Waals surface area (Å²) in [5.41, 5.74) is 0. The number of hydrogen-bond donors (Lipinski definition) is 2. The lowest BCUT2D eigenvalue weighted by atomic mass is 10.2. The van der Waals surface area contributed by atoms with E-state index in [9.17, 15) is 8.78 Å². The number of aliphatic hydroxyl groups excluding tert-OH is 1. The number of hydrogen-bond acceptors (Lipinski definition) is 5. The molecule has 2 heterocycles. The summed E-state index contributed by atoms with van der Waals surface area (Å²) in [5.74, 6) is -1.39. The van der Waals surface area contributed by atoms with Crippen LogP contribution >= 0.6 is 0 Å². The maximum absolute atomic E-state index is 13.9. The number of aromatic nitrogens is 1. The van der Waals surface area contributed by atoms with Crippen molar-refractivity contribution in [1.29, 1.82) is 0 Å². The van der Waals surface area contributed by atoms with Crippen LogP contribution in [0, 0.1) is 11.6 Å². The lowest BCUT2D eigenvalue weighted by Gasteiger charge is -2.38. The zero-order chi connectivity index (χ0) is 14.0. The van der Waals surface area contributed by atoms with Crippen molar-refractivity contribution in [3.05, 3.63) is 17.7 Å². The second-order valence-electron chi connectivity index (χ2n) is 4.51. The molecule has 1 aliphatic heterocycles. The largest absolute Gasteiger partial charge is 0.394 e. The van der Waals surface area contributed by atoms with Gasteiger partial charge in [-0.15, -0.1) is 0 Å². The number of pyridine rings is 1. The van der Waals surface area contributed by atoms with Crippen LogP contribution < -0.4 is 10.2 Å². The molecule has 2 N–H and O–H groups in total. The highest BCUT2D eigenvalue weighted by Gasteiger charge is 2.29. The van der Waals surface area contributed by atoms with Gasteiger partial charge in [0.05, 0.1) is 25.4 Å². The molecule has 1 saturated heterocycles. The van der Waals surface area contributed by atoms with E-state index in [1.165, 1.54) is 7.05 Å². The van der Waals surface area contributed by atoms with E-state index in [1.54, 1.807) is 4.90 Å². The van der Waals surface area contributed by atoms with Crippen molar-refractivity contribution in [2.75, 3.05) is 37.0 Å². The smallest absolute Gasteiger partial charge is 0.168 e. The van der Waals surface area contributed by atoms with Crippen molar-refractivity contribution in [3.8, 4) is 0 Å².